The van der Waals surface area contributed by atoms with Crippen LogP contribution < -0.4 is 18.9 Å². The van der Waals surface area contributed by atoms with Gasteiger partial charge in [-0.2, -0.15) is 0 Å². The van der Waals surface area contributed by atoms with E-state index in [-0.39, 0.29) is 0 Å². The summed E-state index contributed by atoms with van der Waals surface area (Å²) in [5, 5.41) is 368. The highest BCUT2D eigenvalue weighted by atomic mass is 16.6. The Kier molecular flexibility index (Phi) is 20.9. The standard InChI is InChI=1S/C88H66O44/c89-31-17-36(92)58-55(18-31)125-78(25-5-43(99)68(113)44(100)6-25)83(131-87(123)29-13-51(107)72(117)52(108)14-29)61(58)64-74(119)63(60-38(94)22-35(91)33-20-57(127-86(122)28-11-49(105)71(116)50(106)12-28)77(129-81(33)60)24-3-41(97)67(112)42(98)4-24)75(120)65-62(84(132-88(124)30-15-53(109)73(118)54(110)16-30)79(130-82(64)65)26-7-45(101)69(114)46(102)8-26)59-37(93)21-34(90)32-19-56(126-85(121)27-9-47(103)70(115)48(104)10-27)76(128-80(32)59)23-1-39(95)66(111)40(96)2-23/h1-18,21-22,56-57,61-62,76-79,83-84,89-120H,19-20H2/t56?,57?,61?,62?,76-,77-,78-,79-,83?,84?/m1/s1. The number of carbonyl (C=O) groups is 4. The average molecular weight is 1830 g/mol. The van der Waals surface area contributed by atoms with Gasteiger partial charge in [0.1, 0.15) is 81.2 Å². The number of ether oxygens (including phenoxy) is 8. The minimum absolute atomic E-state index is 0.445. The lowest BCUT2D eigenvalue weighted by Crippen LogP contribution is -2.42. The zero-order chi connectivity index (χ0) is 95.3. The van der Waals surface area contributed by atoms with Gasteiger partial charge in [0.2, 0.25) is 0 Å². The molecule has 0 amide bonds. The highest BCUT2D eigenvalue weighted by Gasteiger charge is 2.56. The Morgan fingerprint density at radius 3 is 0.833 bits per heavy atom. The molecule has 0 saturated heterocycles. The van der Waals surface area contributed by atoms with Crippen LogP contribution in [0.5, 0.6) is 207 Å². The lowest BCUT2D eigenvalue weighted by molar-refractivity contribution is -0.0346. The maximum absolute atomic E-state index is 15.7. The van der Waals surface area contributed by atoms with Gasteiger partial charge in [0.05, 0.1) is 45.2 Å². The number of phenols is 32. The molecule has 132 heavy (non-hydrogen) atoms. The molecule has 0 saturated carbocycles. The quantitative estimate of drug-likeness (QED) is 0.0259. The first-order valence-electron chi connectivity index (χ1n) is 38.1. The third-order valence-electron chi connectivity index (χ3n) is 22.4. The van der Waals surface area contributed by atoms with Gasteiger partial charge in [0.15, 0.2) is 175 Å². The lowest BCUT2D eigenvalue weighted by atomic mass is 9.71. The molecule has 4 aliphatic heterocycles. The van der Waals surface area contributed by atoms with Crippen molar-refractivity contribution in [3.05, 3.63) is 199 Å². The first-order chi connectivity index (χ1) is 62.3. The molecule has 682 valence electrons. The summed E-state index contributed by atoms with van der Waals surface area (Å²) in [4.78, 5) is 60.2. The molecule has 10 atom stereocenters. The molecular weight excluding hydrogens is 1760 g/mol. The van der Waals surface area contributed by atoms with E-state index in [2.05, 4.69) is 0 Å². The van der Waals surface area contributed by atoms with Gasteiger partial charge in [-0.05, 0) is 97.1 Å². The van der Waals surface area contributed by atoms with Crippen LogP contribution >= 0.6 is 0 Å². The summed E-state index contributed by atoms with van der Waals surface area (Å²) in [6.07, 6.45) is -21.6. The Bertz CT molecular complexity index is 6770. The van der Waals surface area contributed by atoms with E-state index in [0.29, 0.717) is 121 Å². The van der Waals surface area contributed by atoms with E-state index < -0.39 is 393 Å². The Morgan fingerprint density at radius 2 is 0.492 bits per heavy atom. The van der Waals surface area contributed by atoms with E-state index in [0.717, 1.165) is 0 Å². The summed E-state index contributed by atoms with van der Waals surface area (Å²) in [5.74, 6) is -57.0. The van der Waals surface area contributed by atoms with E-state index in [1.54, 1.807) is 0 Å². The topological polar surface area (TPSA) is 789 Å². The Balaban J connectivity index is 1.08. The second kappa shape index (κ2) is 31.8. The molecule has 0 fully saturated rings. The minimum atomic E-state index is -2.90. The van der Waals surface area contributed by atoms with Crippen molar-refractivity contribution in [1.29, 1.82) is 0 Å². The predicted molar refractivity (Wildman–Crippen MR) is 431 cm³/mol. The molecule has 0 bridgehead atoms. The lowest BCUT2D eigenvalue weighted by Gasteiger charge is -2.45. The number of aromatic hydroxyl groups is 32. The van der Waals surface area contributed by atoms with Crippen LogP contribution in [0.25, 0.3) is 11.1 Å². The molecule has 0 aliphatic carbocycles. The van der Waals surface area contributed by atoms with Crippen molar-refractivity contribution in [2.75, 3.05) is 0 Å². The fourth-order valence-corrected chi connectivity index (χ4v) is 16.4. The number of hydrogen-bond acceptors (Lipinski definition) is 44. The highest BCUT2D eigenvalue weighted by Crippen LogP contribution is 2.69. The largest absolute Gasteiger partial charge is 0.508 e. The van der Waals surface area contributed by atoms with Crippen LogP contribution in [0.2, 0.25) is 0 Å². The van der Waals surface area contributed by atoms with Gasteiger partial charge in [0.25, 0.3) is 0 Å². The van der Waals surface area contributed by atoms with Crippen LogP contribution in [0.3, 0.4) is 0 Å². The van der Waals surface area contributed by atoms with E-state index in [9.17, 15) is 173 Å². The fraction of sp³-hybridized carbons (Fsp3) is 0.136. The first-order valence-corrected chi connectivity index (χ1v) is 38.1. The van der Waals surface area contributed by atoms with Crippen molar-refractivity contribution < 1.29 is 220 Å². The van der Waals surface area contributed by atoms with Gasteiger partial charge in [-0.15, -0.1) is 0 Å². The second-order valence-electron chi connectivity index (χ2n) is 30.6. The zero-order valence-corrected chi connectivity index (χ0v) is 65.9. The summed E-state index contributed by atoms with van der Waals surface area (Å²) in [7, 11) is 0. The molecule has 4 aliphatic rings. The number of esters is 4. The van der Waals surface area contributed by atoms with Crippen molar-refractivity contribution in [3.63, 3.8) is 0 Å². The molecule has 12 aromatic carbocycles. The third kappa shape index (κ3) is 14.5. The van der Waals surface area contributed by atoms with E-state index in [1.165, 1.54) is 0 Å². The highest BCUT2D eigenvalue weighted by molar-refractivity contribution is 5.96. The Morgan fingerprint density at radius 1 is 0.227 bits per heavy atom. The van der Waals surface area contributed by atoms with E-state index >= 15 is 9.59 Å². The summed E-state index contributed by atoms with van der Waals surface area (Å²) in [6, 6.07) is 11.5. The molecule has 32 N–H and O–H groups in total. The van der Waals surface area contributed by atoms with Gasteiger partial charge in [-0.1, -0.05) is 0 Å². The second-order valence-corrected chi connectivity index (χ2v) is 30.6. The van der Waals surface area contributed by atoms with Crippen LogP contribution in [0, 0.1) is 0 Å². The molecule has 44 heteroatoms. The van der Waals surface area contributed by atoms with Crippen molar-refractivity contribution in [1.82, 2.24) is 0 Å². The average Bonchev–Trinajstić information content (AvgIpc) is 0.692. The normalized spacial score (nSPS) is 18.7. The SMILES string of the molecule is O=C(OC1Cc2c(O)cc(O)c(-c3c(O)c(C4c5c(O)cc(O)cc5O[C@H](c5cc(O)c(O)c(O)c5)C4OC(=O)c4cc(O)c(O)c(O)c4)c4c(c3O)C(c3c(O)cc(O)c5c3O[C@H](c3cc(O)c(O)c(O)c3)C(OC(=O)c3cc(O)c(O)c(O)c3)C5)C(OC(=O)c3cc(O)c(O)c(O)c3)[C@@H](c3cc(O)c(O)c(O)c3)O4)c2O[C@@H]1c1cc(O)c(O)c(O)c1)c1cc(O)c(O)c(O)c1. The van der Waals surface area contributed by atoms with Crippen LogP contribution in [0.15, 0.2) is 121 Å². The Labute approximate surface area is 732 Å². The third-order valence-corrected chi connectivity index (χ3v) is 22.4. The minimum Gasteiger partial charge on any atom is -0.508 e. The fourth-order valence-electron chi connectivity index (χ4n) is 16.4. The summed E-state index contributed by atoms with van der Waals surface area (Å²) >= 11 is 0. The molecule has 44 nitrogen and oxygen atoms in total. The molecule has 12 aromatic rings. The number of benzene rings is 12. The van der Waals surface area contributed by atoms with Gasteiger partial charge < -0.3 is 201 Å². The summed E-state index contributed by atoms with van der Waals surface area (Å²) < 4.78 is 51.6. The molecule has 6 unspecified atom stereocenters. The predicted octanol–water partition coefficient (Wildman–Crippen LogP) is 8.72. The van der Waals surface area contributed by atoms with Gasteiger partial charge in [-0.3, -0.25) is 0 Å². The molecule has 16 rings (SSSR count). The molecular formula is C88H66O44. The monoisotopic (exact) mass is 1830 g/mol. The number of phenolic OH excluding ortho intramolecular Hbond substituents is 32. The maximum Gasteiger partial charge on any atom is 0.338 e. The van der Waals surface area contributed by atoms with Crippen LogP contribution in [-0.2, 0) is 31.8 Å². The summed E-state index contributed by atoms with van der Waals surface area (Å²) in [5.41, 5.74) is -15.1. The van der Waals surface area contributed by atoms with Crippen molar-refractivity contribution in [2.45, 2.75) is 73.5 Å². The first kappa shape index (κ1) is 86.8. The molecule has 0 radical (unpaired) electrons. The molecule has 4 heterocycles. The van der Waals surface area contributed by atoms with Crippen LogP contribution in [-0.4, -0.2) is 212 Å². The van der Waals surface area contributed by atoms with Gasteiger partial charge >= 0.3 is 23.9 Å². The number of fused-ring (bicyclic) bond motifs is 4. The van der Waals surface area contributed by atoms with Crippen molar-refractivity contribution >= 4 is 23.9 Å². The van der Waals surface area contributed by atoms with Crippen molar-refractivity contribution in [3.8, 4) is 218 Å². The maximum atomic E-state index is 15.7. The molecule has 0 spiro atoms. The number of carbonyl (C=O) groups excluding carboxylic acids is 4. The molecule has 0 aromatic heterocycles. The van der Waals surface area contributed by atoms with E-state index in [4.69, 9.17) is 37.9 Å². The van der Waals surface area contributed by atoms with Crippen LogP contribution in [0.4, 0.5) is 0 Å². The summed E-state index contributed by atoms with van der Waals surface area (Å²) in [6.45, 7) is 0. The Hall–Kier alpha value is -18.7. The number of hydrogen-bond donors (Lipinski definition) is 32. The van der Waals surface area contributed by atoms with Gasteiger partial charge in [-0.25, -0.2) is 19.2 Å². The van der Waals surface area contributed by atoms with E-state index in [1.807, 2.05) is 0 Å². The van der Waals surface area contributed by atoms with Crippen molar-refractivity contribution in [2.24, 2.45) is 0 Å². The number of rotatable bonds is 15. The van der Waals surface area contributed by atoms with Crippen LogP contribution in [0.1, 0.15) is 133 Å². The van der Waals surface area contributed by atoms with Gasteiger partial charge in [0, 0.05) is 92.7 Å². The zero-order valence-electron chi connectivity index (χ0n) is 65.9. The smallest absolute Gasteiger partial charge is 0.338 e.